The monoisotopic (exact) mass is 388 g/mol. The van der Waals surface area contributed by atoms with Crippen molar-refractivity contribution in [1.82, 2.24) is 4.31 Å². The number of nitrogens with two attached hydrogens (primary N) is 1. The fourth-order valence-electron chi connectivity index (χ4n) is 1.89. The first kappa shape index (κ1) is 16.6. The van der Waals surface area contributed by atoms with Crippen LogP contribution in [0.25, 0.3) is 0 Å². The van der Waals surface area contributed by atoms with Gasteiger partial charge >= 0.3 is 0 Å². The molecule has 1 aromatic heterocycles. The van der Waals surface area contributed by atoms with Crippen molar-refractivity contribution in [3.05, 3.63) is 50.6 Å². The largest absolute Gasteiger partial charge is 0.326 e. The predicted octanol–water partition coefficient (Wildman–Crippen LogP) is 2.83. The number of thiophene rings is 1. The molecular weight excluding hydrogens is 372 g/mol. The van der Waals surface area contributed by atoms with E-state index in [0.29, 0.717) is 24.0 Å². The number of halogens is 1. The molecule has 114 valence electrons. The Morgan fingerprint density at radius 2 is 2.10 bits per heavy atom. The highest BCUT2D eigenvalue weighted by Crippen LogP contribution is 2.26. The lowest BCUT2D eigenvalue weighted by molar-refractivity contribution is 0.473. The van der Waals surface area contributed by atoms with Crippen LogP contribution >= 0.6 is 27.3 Å². The van der Waals surface area contributed by atoms with Crippen LogP contribution < -0.4 is 5.73 Å². The molecule has 0 amide bonds. The van der Waals surface area contributed by atoms with Crippen LogP contribution in [-0.4, -0.2) is 26.3 Å². The molecular formula is C14H17BrN2O2S2. The van der Waals surface area contributed by atoms with Crippen molar-refractivity contribution in [3.63, 3.8) is 0 Å². The van der Waals surface area contributed by atoms with E-state index in [0.717, 1.165) is 5.56 Å². The van der Waals surface area contributed by atoms with Gasteiger partial charge in [0.2, 0.25) is 10.0 Å². The molecule has 0 aliphatic rings. The lowest BCUT2D eigenvalue weighted by Gasteiger charge is -2.18. The number of hydrogen-bond acceptors (Lipinski definition) is 4. The zero-order chi connectivity index (χ0) is 15.5. The zero-order valence-electron chi connectivity index (χ0n) is 11.6. The Labute approximate surface area is 137 Å². The normalized spacial score (nSPS) is 12.0. The van der Waals surface area contributed by atoms with E-state index in [1.807, 2.05) is 17.5 Å². The zero-order valence-corrected chi connectivity index (χ0v) is 14.8. The summed E-state index contributed by atoms with van der Waals surface area (Å²) in [6, 6.07) is 9.07. The Morgan fingerprint density at radius 3 is 2.67 bits per heavy atom. The minimum atomic E-state index is -3.50. The summed E-state index contributed by atoms with van der Waals surface area (Å²) < 4.78 is 27.1. The summed E-state index contributed by atoms with van der Waals surface area (Å²) in [5.74, 6) is 0. The van der Waals surface area contributed by atoms with Crippen molar-refractivity contribution < 1.29 is 8.42 Å². The Morgan fingerprint density at radius 1 is 1.33 bits per heavy atom. The van der Waals surface area contributed by atoms with Gasteiger partial charge in [0.15, 0.2) is 0 Å². The van der Waals surface area contributed by atoms with Gasteiger partial charge in [0, 0.05) is 29.5 Å². The van der Waals surface area contributed by atoms with Crippen molar-refractivity contribution in [2.24, 2.45) is 5.73 Å². The molecule has 0 fully saturated rings. The first-order valence-corrected chi connectivity index (χ1v) is 9.53. The van der Waals surface area contributed by atoms with Crippen LogP contribution in [0.1, 0.15) is 10.4 Å². The second-order valence-corrected chi connectivity index (χ2v) is 8.52. The van der Waals surface area contributed by atoms with Gasteiger partial charge in [0.05, 0.1) is 4.90 Å². The maximum Gasteiger partial charge on any atom is 0.243 e. The van der Waals surface area contributed by atoms with Gasteiger partial charge in [-0.05, 0) is 51.5 Å². The van der Waals surface area contributed by atoms with Gasteiger partial charge in [0.25, 0.3) is 0 Å². The number of rotatable bonds is 6. The fraction of sp³-hybridized carbons (Fsp3) is 0.286. The van der Waals surface area contributed by atoms with E-state index in [1.165, 1.54) is 9.18 Å². The molecule has 7 heteroatoms. The van der Waals surface area contributed by atoms with Crippen molar-refractivity contribution in [2.45, 2.75) is 17.9 Å². The first-order valence-electron chi connectivity index (χ1n) is 6.42. The Balaban J connectivity index is 2.16. The summed E-state index contributed by atoms with van der Waals surface area (Å²) in [7, 11) is -1.89. The van der Waals surface area contributed by atoms with Crippen molar-refractivity contribution in [2.75, 3.05) is 13.6 Å². The average Bonchev–Trinajstić information content (AvgIpc) is 2.97. The lowest BCUT2D eigenvalue weighted by atomic mass is 10.2. The van der Waals surface area contributed by atoms with E-state index in [9.17, 15) is 8.42 Å². The molecule has 2 N–H and O–H groups in total. The molecule has 0 bridgehead atoms. The van der Waals surface area contributed by atoms with Crippen molar-refractivity contribution in [3.8, 4) is 0 Å². The van der Waals surface area contributed by atoms with E-state index in [2.05, 4.69) is 15.9 Å². The summed E-state index contributed by atoms with van der Waals surface area (Å²) in [6.07, 6.45) is 0.714. The third-order valence-electron chi connectivity index (χ3n) is 3.17. The molecule has 0 atom stereocenters. The minimum absolute atomic E-state index is 0.272. The Hall–Kier alpha value is -0.730. The standard InChI is InChI=1S/C14H17BrN2O2S2/c1-17(7-6-12-3-2-8-20-12)21(18,19)14-5-4-11(10-16)9-13(14)15/h2-5,8-9H,6-7,10,16H2,1H3. The molecule has 2 aromatic rings. The molecule has 0 saturated heterocycles. The van der Waals surface area contributed by atoms with Gasteiger partial charge in [0.1, 0.15) is 0 Å². The molecule has 0 aliphatic heterocycles. The summed E-state index contributed by atoms with van der Waals surface area (Å²) >= 11 is 4.96. The molecule has 0 spiro atoms. The molecule has 0 unspecified atom stereocenters. The topological polar surface area (TPSA) is 63.4 Å². The first-order chi connectivity index (χ1) is 9.95. The predicted molar refractivity (Wildman–Crippen MR) is 89.9 cm³/mol. The second kappa shape index (κ2) is 7.02. The van der Waals surface area contributed by atoms with Crippen molar-refractivity contribution in [1.29, 1.82) is 0 Å². The Kier molecular flexibility index (Phi) is 5.56. The number of sulfonamides is 1. The molecule has 21 heavy (non-hydrogen) atoms. The fourth-order valence-corrected chi connectivity index (χ4v) is 4.84. The Bertz CT molecular complexity index is 700. The third-order valence-corrected chi connectivity index (χ3v) is 6.94. The highest BCUT2D eigenvalue weighted by Gasteiger charge is 2.23. The SMILES string of the molecule is CN(CCc1cccs1)S(=O)(=O)c1ccc(CN)cc1Br. The van der Waals surface area contributed by atoms with Gasteiger partial charge < -0.3 is 5.73 Å². The van der Waals surface area contributed by atoms with Gasteiger partial charge in [-0.2, -0.15) is 0 Å². The average molecular weight is 389 g/mol. The number of nitrogens with zero attached hydrogens (tertiary/aromatic N) is 1. The molecule has 2 rings (SSSR count). The number of benzene rings is 1. The van der Waals surface area contributed by atoms with Crippen LogP contribution in [0.4, 0.5) is 0 Å². The molecule has 4 nitrogen and oxygen atoms in total. The number of likely N-dealkylation sites (N-methyl/N-ethyl adjacent to an activating group) is 1. The van der Waals surface area contributed by atoms with Crippen LogP contribution in [0.2, 0.25) is 0 Å². The maximum atomic E-state index is 12.6. The highest BCUT2D eigenvalue weighted by molar-refractivity contribution is 9.10. The molecule has 0 radical (unpaired) electrons. The van der Waals surface area contributed by atoms with E-state index >= 15 is 0 Å². The smallest absolute Gasteiger partial charge is 0.243 e. The molecule has 0 saturated carbocycles. The van der Waals surface area contributed by atoms with Crippen LogP contribution in [0.15, 0.2) is 45.1 Å². The quantitative estimate of drug-likeness (QED) is 0.827. The summed E-state index contributed by atoms with van der Waals surface area (Å²) in [5, 5.41) is 1.99. The van der Waals surface area contributed by atoms with Crippen molar-refractivity contribution >= 4 is 37.3 Å². The molecule has 0 aliphatic carbocycles. The minimum Gasteiger partial charge on any atom is -0.326 e. The summed E-state index contributed by atoms with van der Waals surface area (Å²) in [6.45, 7) is 0.834. The number of hydrogen-bond donors (Lipinski definition) is 1. The van der Waals surface area contributed by atoms with Gasteiger partial charge in [-0.1, -0.05) is 12.1 Å². The van der Waals surface area contributed by atoms with Gasteiger partial charge in [-0.15, -0.1) is 11.3 Å². The second-order valence-electron chi connectivity index (χ2n) is 4.62. The van der Waals surface area contributed by atoms with E-state index in [-0.39, 0.29) is 4.90 Å². The molecule has 1 aromatic carbocycles. The summed E-state index contributed by atoms with van der Waals surface area (Å²) in [4.78, 5) is 1.45. The van der Waals surface area contributed by atoms with E-state index < -0.39 is 10.0 Å². The van der Waals surface area contributed by atoms with Crippen LogP contribution in [0, 0.1) is 0 Å². The third kappa shape index (κ3) is 3.92. The van der Waals surface area contributed by atoms with Gasteiger partial charge in [-0.3, -0.25) is 0 Å². The summed E-state index contributed by atoms with van der Waals surface area (Å²) in [5.41, 5.74) is 6.45. The maximum absolute atomic E-state index is 12.6. The van der Waals surface area contributed by atoms with E-state index in [1.54, 1.807) is 36.6 Å². The highest BCUT2D eigenvalue weighted by atomic mass is 79.9. The van der Waals surface area contributed by atoms with E-state index in [4.69, 9.17) is 5.73 Å². The van der Waals surface area contributed by atoms with Gasteiger partial charge in [-0.25, -0.2) is 12.7 Å². The van der Waals surface area contributed by atoms with Crippen LogP contribution in [-0.2, 0) is 23.0 Å². The lowest BCUT2D eigenvalue weighted by Crippen LogP contribution is -2.29. The molecule has 1 heterocycles. The van der Waals surface area contributed by atoms with Crippen LogP contribution in [0.5, 0.6) is 0 Å². The van der Waals surface area contributed by atoms with Crippen LogP contribution in [0.3, 0.4) is 0 Å².